The fourth-order valence-electron chi connectivity index (χ4n) is 11.6. The van der Waals surface area contributed by atoms with E-state index in [1.807, 2.05) is 86.7 Å². The average molecular weight is 1660 g/mol. The Kier molecular flexibility index (Phi) is 22.5. The van der Waals surface area contributed by atoms with Gasteiger partial charge in [-0.2, -0.15) is 5.10 Å². The van der Waals surface area contributed by atoms with Crippen molar-refractivity contribution in [3.05, 3.63) is 253 Å². The molecule has 16 rings (SSSR count). The molecule has 12 aromatic heterocycles. The number of aromatic nitrogens is 7. The van der Waals surface area contributed by atoms with Gasteiger partial charge >= 0.3 is 23.9 Å². The van der Waals surface area contributed by atoms with E-state index in [9.17, 15) is 67.6 Å². The highest BCUT2D eigenvalue weighted by atomic mass is 35.5. The maximum atomic E-state index is 14.4. The molecular formula is C76H54Cl2F2N10O12S8. The zero-order chi connectivity index (χ0) is 78.3. The smallest absolute Gasteiger partial charge is 0.339 e. The second-order valence-electron chi connectivity index (χ2n) is 24.4. The van der Waals surface area contributed by atoms with E-state index in [4.69, 9.17) is 23.2 Å². The van der Waals surface area contributed by atoms with Crippen LogP contribution in [0.25, 0.3) is 72.1 Å². The summed E-state index contributed by atoms with van der Waals surface area (Å²) in [4.78, 5) is 113. The van der Waals surface area contributed by atoms with E-state index >= 15 is 0 Å². The second-order valence-corrected chi connectivity index (χ2v) is 32.6. The molecule has 110 heavy (non-hydrogen) atoms. The highest BCUT2D eigenvalue weighted by Crippen LogP contribution is 2.42. The number of hydrogen-bond acceptors (Lipinski definition) is 19. The van der Waals surface area contributed by atoms with Crippen LogP contribution < -0.4 is 16.0 Å². The van der Waals surface area contributed by atoms with E-state index in [1.54, 1.807) is 103 Å². The summed E-state index contributed by atoms with van der Waals surface area (Å²) in [6.07, 6.45) is 8.77. The molecule has 0 radical (unpaired) electrons. The van der Waals surface area contributed by atoms with Gasteiger partial charge in [-0.15, -0.1) is 90.7 Å². The number of aromatic carboxylic acids is 4. The summed E-state index contributed by atoms with van der Waals surface area (Å²) in [6, 6.07) is 28.0. The van der Waals surface area contributed by atoms with Crippen molar-refractivity contribution < 1.29 is 67.6 Å². The van der Waals surface area contributed by atoms with Crippen LogP contribution in [0.5, 0.6) is 0 Å². The van der Waals surface area contributed by atoms with Gasteiger partial charge in [0.25, 0.3) is 17.7 Å². The number of halogens is 4. The lowest BCUT2D eigenvalue weighted by Crippen LogP contribution is -2.14. The molecule has 0 aliphatic carbocycles. The van der Waals surface area contributed by atoms with E-state index in [1.165, 1.54) is 110 Å². The summed E-state index contributed by atoms with van der Waals surface area (Å²) in [5.74, 6) is -8.18. The van der Waals surface area contributed by atoms with Crippen LogP contribution in [0, 0.1) is 39.3 Å². The van der Waals surface area contributed by atoms with Crippen molar-refractivity contribution in [3.8, 4) is 41.8 Å². The van der Waals surface area contributed by atoms with E-state index < -0.39 is 47.3 Å². The molecule has 34 heteroatoms. The van der Waals surface area contributed by atoms with Gasteiger partial charge in [0.1, 0.15) is 37.7 Å². The lowest BCUT2D eigenvalue weighted by molar-refractivity contribution is 0.0686. The highest BCUT2D eigenvalue weighted by molar-refractivity contribution is 7.21. The van der Waals surface area contributed by atoms with Gasteiger partial charge in [-0.3, -0.25) is 32.7 Å². The summed E-state index contributed by atoms with van der Waals surface area (Å²) in [6.45, 7) is 7.30. The molecule has 556 valence electrons. The monoisotopic (exact) mass is 1660 g/mol. The number of hydrogen-bond donors (Lipinski definition) is 7. The quantitative estimate of drug-likeness (QED) is 0.0417. The number of carbonyl (C=O) groups excluding carboxylic acids is 4. The Morgan fingerprint density at radius 1 is 0.482 bits per heavy atom. The van der Waals surface area contributed by atoms with Gasteiger partial charge in [-0.25, -0.2) is 37.9 Å². The first-order chi connectivity index (χ1) is 52.6. The number of thiazole rings is 2. The third kappa shape index (κ3) is 16.0. The van der Waals surface area contributed by atoms with E-state index in [-0.39, 0.29) is 79.1 Å². The first-order valence-electron chi connectivity index (χ1n) is 32.3. The number of rotatable bonds is 17. The first kappa shape index (κ1) is 77.0. The van der Waals surface area contributed by atoms with Crippen LogP contribution in [0.2, 0.25) is 10.0 Å². The Morgan fingerprint density at radius 2 is 0.927 bits per heavy atom. The molecule has 0 saturated heterocycles. The highest BCUT2D eigenvalue weighted by Gasteiger charge is 2.29. The lowest BCUT2D eigenvalue weighted by atomic mass is 10.0. The zero-order valence-electron chi connectivity index (χ0n) is 57.8. The molecule has 0 saturated carbocycles. The maximum absolute atomic E-state index is 14.4. The van der Waals surface area contributed by atoms with Gasteiger partial charge in [-0.1, -0.05) is 89.4 Å². The number of carboxylic acids is 4. The Hall–Kier alpha value is -11.2. The van der Waals surface area contributed by atoms with Crippen molar-refractivity contribution in [1.29, 1.82) is 0 Å². The Balaban J connectivity index is 0.000000129. The number of fused-ring (bicyclic) bond motifs is 4. The molecule has 0 unspecified atom stereocenters. The third-order valence-corrected chi connectivity index (χ3v) is 25.6. The summed E-state index contributed by atoms with van der Waals surface area (Å²) in [5, 5.41) is 64.3. The summed E-state index contributed by atoms with van der Waals surface area (Å²) in [5.41, 5.74) is 6.82. The third-order valence-electron chi connectivity index (χ3n) is 16.9. The van der Waals surface area contributed by atoms with Crippen molar-refractivity contribution in [1.82, 2.24) is 33.1 Å². The van der Waals surface area contributed by atoms with Crippen molar-refractivity contribution in [2.24, 2.45) is 14.1 Å². The van der Waals surface area contributed by atoms with Crippen molar-refractivity contribution in [2.75, 3.05) is 16.0 Å². The topological polar surface area (TPSA) is 311 Å². The number of benzene rings is 4. The predicted octanol–water partition coefficient (Wildman–Crippen LogP) is 20.4. The van der Waals surface area contributed by atoms with Crippen LogP contribution in [-0.2, 0) is 20.5 Å². The van der Waals surface area contributed by atoms with Crippen LogP contribution in [0.4, 0.5) is 25.8 Å². The molecule has 0 fully saturated rings. The number of carboxylic acid groups (broad SMARTS) is 4. The first-order valence-corrected chi connectivity index (χ1v) is 40.0. The van der Waals surface area contributed by atoms with Gasteiger partial charge in [0.05, 0.1) is 52.7 Å². The fourth-order valence-corrected chi connectivity index (χ4v) is 19.4. The van der Waals surface area contributed by atoms with Gasteiger partial charge in [0.2, 0.25) is 0 Å². The molecular weight excluding hydrogens is 1610 g/mol. The SMILES string of the molecule is Cc1ccc(-c2scc(NC(=O)c3cc4c(C)nn(C)c4s3)c2C(=O)O)cc1.Cc1ccc(-c2scc(NC(=O)c3cn4ccsc4n3)c2C(=O)O)c(F)c1F.Cc1cn(C)c2sc(C(=O)Cc3csc(-c4ccc(Cl)cc4)c3C(=O)O)cc12.O=C(Nc1csc(-c2ccc(Cl)cc2)c1C(=O)O)c1cn2ccsc2n1. The normalized spacial score (nSPS) is 11.1. The number of carbonyl (C=O) groups is 8. The molecule has 3 amide bonds. The Morgan fingerprint density at radius 3 is 1.41 bits per heavy atom. The molecule has 0 spiro atoms. The van der Waals surface area contributed by atoms with Crippen molar-refractivity contribution >= 4 is 209 Å². The summed E-state index contributed by atoms with van der Waals surface area (Å²) in [7, 11) is 3.79. The molecule has 0 atom stereocenters. The summed E-state index contributed by atoms with van der Waals surface area (Å²) < 4.78 is 35.4. The van der Waals surface area contributed by atoms with Gasteiger partial charge in [0, 0.05) is 110 Å². The number of imidazole rings is 2. The standard InChI is InChI=1S/C21H16ClNO3S2.C20H17N3O3S2.C18H11F2N3O3S2.C17H10ClN3O3S2/c1-11-9-23(2)20-15(11)8-17(28-20)16(24)7-13-10-27-19(18(13)21(25)26)12-3-5-14(22)6-4-12;1-10-4-6-12(7-5-10)17-16(20(25)26)14(9-27-17)21-18(24)15-8-13-11(2)22-23(3)19(13)28-15;1-8-2-3-9(14(20)13(8)19)15-12(17(25)26)11(7-28-15)21-16(24)10-6-23-4-5-27-18(23)22-10;18-10-3-1-9(2-4-10)14-13(16(23)24)12(8-26-14)19-15(22)11-7-21-5-6-25-17(21)20-11/h3-6,8-10H,7H2,1-2H3,(H,25,26);4-9H,1-3H3,(H,21,24)(H,25,26);2-7H,1H3,(H,21,24)(H,25,26);1-8H,(H,19,22)(H,23,24). The second kappa shape index (κ2) is 32.2. The maximum Gasteiger partial charge on any atom is 0.339 e. The van der Waals surface area contributed by atoms with Crippen LogP contribution in [-0.4, -0.2) is 101 Å². The molecule has 0 aliphatic heterocycles. The van der Waals surface area contributed by atoms with Crippen molar-refractivity contribution in [3.63, 3.8) is 0 Å². The molecule has 12 heterocycles. The predicted molar refractivity (Wildman–Crippen MR) is 433 cm³/mol. The number of nitrogens with one attached hydrogen (secondary N) is 3. The lowest BCUT2D eigenvalue weighted by Gasteiger charge is -2.07. The van der Waals surface area contributed by atoms with Gasteiger partial charge in [0.15, 0.2) is 27.3 Å². The average Bonchev–Trinajstić information content (AvgIpc) is 0.983. The van der Waals surface area contributed by atoms with Crippen LogP contribution in [0.1, 0.15) is 110 Å². The number of anilines is 3. The van der Waals surface area contributed by atoms with E-state index in [0.29, 0.717) is 55.6 Å². The molecule has 16 aromatic rings. The molecule has 22 nitrogen and oxygen atoms in total. The van der Waals surface area contributed by atoms with Crippen molar-refractivity contribution in [2.45, 2.75) is 34.1 Å². The van der Waals surface area contributed by atoms with Crippen LogP contribution in [0.3, 0.4) is 0 Å². The van der Waals surface area contributed by atoms with Crippen LogP contribution in [0.15, 0.2) is 160 Å². The minimum atomic E-state index is -1.36. The number of ketones is 1. The number of thiophene rings is 6. The number of Topliss-reactive ketones (excluding diaryl/α,β-unsaturated/α-hetero) is 1. The molecule has 0 bridgehead atoms. The summed E-state index contributed by atoms with van der Waals surface area (Å²) >= 11 is 22.2. The molecule has 7 N–H and O–H groups in total. The van der Waals surface area contributed by atoms with Gasteiger partial charge in [-0.05, 0) is 103 Å². The minimum Gasteiger partial charge on any atom is -0.478 e. The fraction of sp³-hybridized carbons (Fsp3) is 0.0921. The minimum absolute atomic E-state index is 0.00534. The molecule has 0 aliphatic rings. The van der Waals surface area contributed by atoms with Crippen LogP contribution >= 0.6 is 114 Å². The largest absolute Gasteiger partial charge is 0.478 e. The molecule has 4 aromatic carbocycles. The number of amides is 3. The Bertz CT molecular complexity index is 6010. The van der Waals surface area contributed by atoms with E-state index in [2.05, 4.69) is 31.0 Å². The zero-order valence-corrected chi connectivity index (χ0v) is 65.8. The number of aryl methyl sites for hydroxylation is 6. The van der Waals surface area contributed by atoms with Gasteiger partial charge < -0.3 is 40.9 Å². The Labute approximate surface area is 663 Å². The number of nitrogens with zero attached hydrogens (tertiary/aromatic N) is 7. The van der Waals surface area contributed by atoms with E-state index in [0.717, 1.165) is 65.3 Å².